The fraction of sp³-hybridized carbons (Fsp3) is 0.259. The second-order valence-electron chi connectivity index (χ2n) is 8.94. The lowest BCUT2D eigenvalue weighted by Crippen LogP contribution is -2.44. The summed E-state index contributed by atoms with van der Waals surface area (Å²) in [5.41, 5.74) is 3.48. The van der Waals surface area contributed by atoms with Crippen molar-refractivity contribution in [1.82, 2.24) is 14.5 Å². The number of aromatic nitrogens is 3. The van der Waals surface area contributed by atoms with E-state index < -0.39 is 5.82 Å². The Kier molecular flexibility index (Phi) is 6.27. The van der Waals surface area contributed by atoms with E-state index in [2.05, 4.69) is 15.3 Å². The topological polar surface area (TPSA) is 80.1 Å². The minimum atomic E-state index is -0.406. The number of piperidine rings is 1. The van der Waals surface area contributed by atoms with Crippen molar-refractivity contribution in [3.63, 3.8) is 0 Å². The molecule has 1 amide bonds. The molecule has 1 aliphatic rings. The molecule has 1 unspecified atom stereocenters. The van der Waals surface area contributed by atoms with Crippen molar-refractivity contribution >= 4 is 28.6 Å². The van der Waals surface area contributed by atoms with E-state index >= 15 is 0 Å². The Morgan fingerprint density at radius 1 is 1.14 bits per heavy atom. The van der Waals surface area contributed by atoms with E-state index in [-0.39, 0.29) is 17.4 Å². The summed E-state index contributed by atoms with van der Waals surface area (Å²) in [4.78, 5) is 37.5. The first-order valence-corrected chi connectivity index (χ1v) is 11.7. The van der Waals surface area contributed by atoms with Gasteiger partial charge in [-0.25, -0.2) is 14.4 Å². The van der Waals surface area contributed by atoms with Gasteiger partial charge in [0.15, 0.2) is 11.5 Å². The number of aryl methyl sites for hydroxylation is 1. The predicted octanol–water partition coefficient (Wildman–Crippen LogP) is 4.14. The second-order valence-corrected chi connectivity index (χ2v) is 8.94. The van der Waals surface area contributed by atoms with Crippen LogP contribution in [0.5, 0.6) is 0 Å². The van der Waals surface area contributed by atoms with Crippen LogP contribution in [0.4, 0.5) is 15.9 Å². The molecule has 1 atom stereocenters. The minimum absolute atomic E-state index is 0.192. The Hall–Kier alpha value is -4.07. The number of halogens is 1. The van der Waals surface area contributed by atoms with E-state index in [4.69, 9.17) is 0 Å². The fourth-order valence-corrected chi connectivity index (χ4v) is 4.49. The molecule has 178 valence electrons. The lowest BCUT2D eigenvalue weighted by atomic mass is 9.97. The van der Waals surface area contributed by atoms with E-state index in [9.17, 15) is 14.0 Å². The maximum Gasteiger partial charge on any atom is 0.295 e. The van der Waals surface area contributed by atoms with Gasteiger partial charge in [-0.3, -0.25) is 14.2 Å². The fourth-order valence-electron chi connectivity index (χ4n) is 4.49. The Morgan fingerprint density at radius 2 is 1.97 bits per heavy atom. The van der Waals surface area contributed by atoms with Crippen LogP contribution in [-0.4, -0.2) is 33.5 Å². The molecule has 0 bridgehead atoms. The van der Waals surface area contributed by atoms with Crippen LogP contribution in [0.25, 0.3) is 11.2 Å². The van der Waals surface area contributed by atoms with Gasteiger partial charge in [-0.1, -0.05) is 35.9 Å². The zero-order chi connectivity index (χ0) is 24.4. The number of rotatable bonds is 5. The van der Waals surface area contributed by atoms with E-state index in [0.29, 0.717) is 48.7 Å². The van der Waals surface area contributed by atoms with Crippen LogP contribution in [0.15, 0.2) is 71.7 Å². The summed E-state index contributed by atoms with van der Waals surface area (Å²) in [5, 5.41) is 2.80. The molecule has 0 aliphatic carbocycles. The summed E-state index contributed by atoms with van der Waals surface area (Å²) < 4.78 is 15.2. The maximum atomic E-state index is 13.6. The first-order chi connectivity index (χ1) is 17.0. The van der Waals surface area contributed by atoms with Gasteiger partial charge in [0.25, 0.3) is 5.56 Å². The molecule has 3 heterocycles. The molecule has 4 aromatic rings. The minimum Gasteiger partial charge on any atom is -0.351 e. The van der Waals surface area contributed by atoms with Gasteiger partial charge in [0, 0.05) is 25.0 Å². The molecule has 8 heteroatoms. The highest BCUT2D eigenvalue weighted by atomic mass is 19.1. The van der Waals surface area contributed by atoms with Gasteiger partial charge in [0.05, 0.1) is 12.5 Å². The monoisotopic (exact) mass is 471 g/mol. The summed E-state index contributed by atoms with van der Waals surface area (Å²) in [5.74, 6) is -0.622. The number of carbonyl (C=O) groups is 1. The van der Waals surface area contributed by atoms with Crippen molar-refractivity contribution in [2.45, 2.75) is 26.3 Å². The van der Waals surface area contributed by atoms with Gasteiger partial charge in [0.2, 0.25) is 5.91 Å². The smallest absolute Gasteiger partial charge is 0.295 e. The third kappa shape index (κ3) is 4.91. The highest BCUT2D eigenvalue weighted by Gasteiger charge is 2.29. The summed E-state index contributed by atoms with van der Waals surface area (Å²) in [7, 11) is 0. The zero-order valence-corrected chi connectivity index (χ0v) is 19.4. The van der Waals surface area contributed by atoms with Gasteiger partial charge < -0.3 is 10.2 Å². The molecular weight excluding hydrogens is 445 g/mol. The predicted molar refractivity (Wildman–Crippen MR) is 134 cm³/mol. The van der Waals surface area contributed by atoms with E-state index in [1.54, 1.807) is 29.0 Å². The van der Waals surface area contributed by atoms with Crippen molar-refractivity contribution < 1.29 is 9.18 Å². The summed E-state index contributed by atoms with van der Waals surface area (Å²) in [6, 6.07) is 17.5. The average Bonchev–Trinajstić information content (AvgIpc) is 2.87. The average molecular weight is 472 g/mol. The first-order valence-electron chi connectivity index (χ1n) is 11.7. The van der Waals surface area contributed by atoms with Crippen LogP contribution in [0.2, 0.25) is 0 Å². The number of nitrogens with zero attached hydrogens (tertiary/aromatic N) is 4. The molecule has 2 aromatic carbocycles. The summed E-state index contributed by atoms with van der Waals surface area (Å²) in [6.07, 6.45) is 3.08. The Balaban J connectivity index is 1.44. The number of benzene rings is 2. The van der Waals surface area contributed by atoms with Gasteiger partial charge in [-0.05, 0) is 55.7 Å². The number of pyridine rings is 1. The molecule has 1 saturated heterocycles. The Morgan fingerprint density at radius 3 is 2.77 bits per heavy atom. The van der Waals surface area contributed by atoms with Crippen molar-refractivity contribution in [3.05, 3.63) is 94.2 Å². The van der Waals surface area contributed by atoms with E-state index in [0.717, 1.165) is 17.5 Å². The number of anilines is 2. The standard InChI is InChI=1S/C27H26FN5O2/c1-18-9-11-19(12-10-18)16-33-24-23(8-3-13-29-24)31-25(27(33)35)32-14-4-5-20(17-32)26(34)30-22-7-2-6-21(28)15-22/h2-3,6-13,15,20H,4-5,14,16-17H2,1H3,(H,30,34). The number of amides is 1. The number of hydrogen-bond donors (Lipinski definition) is 1. The largest absolute Gasteiger partial charge is 0.351 e. The number of carbonyl (C=O) groups excluding carboxylic acids is 1. The van der Waals surface area contributed by atoms with Crippen LogP contribution in [0.1, 0.15) is 24.0 Å². The SMILES string of the molecule is Cc1ccc(Cn2c(=O)c(N3CCCC(C(=O)Nc4cccc(F)c4)C3)nc3cccnc32)cc1. The Labute approximate surface area is 202 Å². The Bertz CT molecular complexity index is 1430. The van der Waals surface area contributed by atoms with Crippen LogP contribution < -0.4 is 15.8 Å². The lowest BCUT2D eigenvalue weighted by Gasteiger charge is -2.32. The van der Waals surface area contributed by atoms with Crippen molar-refractivity contribution in [2.75, 3.05) is 23.3 Å². The maximum absolute atomic E-state index is 13.6. The molecule has 7 nitrogen and oxygen atoms in total. The molecule has 5 rings (SSSR count). The summed E-state index contributed by atoms with van der Waals surface area (Å²) >= 11 is 0. The van der Waals surface area contributed by atoms with Crippen LogP contribution in [0, 0.1) is 18.7 Å². The first kappa shape index (κ1) is 22.7. The molecule has 35 heavy (non-hydrogen) atoms. The molecule has 1 aliphatic heterocycles. The van der Waals surface area contributed by atoms with Crippen molar-refractivity contribution in [3.8, 4) is 0 Å². The number of nitrogens with one attached hydrogen (secondary N) is 1. The van der Waals surface area contributed by atoms with Crippen molar-refractivity contribution in [1.29, 1.82) is 0 Å². The van der Waals surface area contributed by atoms with Gasteiger partial charge in [-0.2, -0.15) is 0 Å². The normalized spacial score (nSPS) is 15.8. The highest BCUT2D eigenvalue weighted by molar-refractivity contribution is 5.93. The van der Waals surface area contributed by atoms with Gasteiger partial charge in [0.1, 0.15) is 11.3 Å². The molecular formula is C27H26FN5O2. The molecule has 1 fully saturated rings. The summed E-state index contributed by atoms with van der Waals surface area (Å²) in [6.45, 7) is 3.39. The van der Waals surface area contributed by atoms with Crippen molar-refractivity contribution in [2.24, 2.45) is 5.92 Å². The third-order valence-electron chi connectivity index (χ3n) is 6.33. The molecule has 0 radical (unpaired) electrons. The van der Waals surface area contributed by atoms with Gasteiger partial charge >= 0.3 is 0 Å². The number of fused-ring (bicyclic) bond motifs is 1. The highest BCUT2D eigenvalue weighted by Crippen LogP contribution is 2.23. The lowest BCUT2D eigenvalue weighted by molar-refractivity contribution is -0.120. The molecule has 1 N–H and O–H groups in total. The van der Waals surface area contributed by atoms with Crippen LogP contribution in [-0.2, 0) is 11.3 Å². The second kappa shape index (κ2) is 9.66. The molecule has 0 saturated carbocycles. The zero-order valence-electron chi connectivity index (χ0n) is 19.4. The third-order valence-corrected chi connectivity index (χ3v) is 6.33. The van der Waals surface area contributed by atoms with E-state index in [1.165, 1.54) is 12.1 Å². The number of hydrogen-bond acceptors (Lipinski definition) is 5. The van der Waals surface area contributed by atoms with Crippen LogP contribution in [0.3, 0.4) is 0 Å². The van der Waals surface area contributed by atoms with Crippen LogP contribution >= 0.6 is 0 Å². The quantitative estimate of drug-likeness (QED) is 0.473. The van der Waals surface area contributed by atoms with E-state index in [1.807, 2.05) is 42.2 Å². The molecule has 0 spiro atoms. The molecule has 2 aromatic heterocycles. The van der Waals surface area contributed by atoms with Gasteiger partial charge in [-0.15, -0.1) is 0 Å².